The Balaban J connectivity index is 1.78. The van der Waals surface area contributed by atoms with Crippen LogP contribution in [0.5, 0.6) is 11.5 Å². The van der Waals surface area contributed by atoms with Crippen LogP contribution in [0.1, 0.15) is 11.1 Å². The first-order valence-electron chi connectivity index (χ1n) is 7.79. The second kappa shape index (κ2) is 9.63. The van der Waals surface area contributed by atoms with Crippen molar-refractivity contribution >= 4 is 24.1 Å². The number of carbonyl (C=O) groups is 2. The van der Waals surface area contributed by atoms with Crippen molar-refractivity contribution in [2.45, 2.75) is 0 Å². The summed E-state index contributed by atoms with van der Waals surface area (Å²) in [4.78, 5) is 23.3. The highest BCUT2D eigenvalue weighted by Gasteiger charge is 2.05. The number of ether oxygens (including phenoxy) is 1. The van der Waals surface area contributed by atoms with E-state index in [2.05, 4.69) is 15.8 Å². The number of methoxy groups -OCH3 is 1. The number of aromatic hydroxyl groups is 1. The Morgan fingerprint density at radius 3 is 2.65 bits per heavy atom. The van der Waals surface area contributed by atoms with Gasteiger partial charge in [-0.3, -0.25) is 9.59 Å². The molecule has 134 valence electrons. The van der Waals surface area contributed by atoms with Crippen molar-refractivity contribution in [1.29, 1.82) is 0 Å². The molecular weight excluding hydrogens is 334 g/mol. The predicted octanol–water partition coefficient (Wildman–Crippen LogP) is 1.68. The van der Waals surface area contributed by atoms with Gasteiger partial charge in [-0.05, 0) is 23.8 Å². The Labute approximate surface area is 151 Å². The van der Waals surface area contributed by atoms with E-state index in [1.807, 2.05) is 30.3 Å². The van der Waals surface area contributed by atoms with Crippen molar-refractivity contribution in [3.8, 4) is 11.5 Å². The molecule has 0 aliphatic carbocycles. The van der Waals surface area contributed by atoms with Crippen molar-refractivity contribution in [2.24, 2.45) is 5.10 Å². The zero-order valence-electron chi connectivity index (χ0n) is 14.2. The summed E-state index contributed by atoms with van der Waals surface area (Å²) in [5, 5.41) is 16.1. The average molecular weight is 353 g/mol. The number of rotatable bonds is 7. The molecule has 2 aromatic rings. The van der Waals surface area contributed by atoms with Crippen LogP contribution in [0.3, 0.4) is 0 Å². The molecular formula is C19H19N3O4. The summed E-state index contributed by atoms with van der Waals surface area (Å²) in [5.74, 6) is -0.659. The second-order valence-corrected chi connectivity index (χ2v) is 5.15. The van der Waals surface area contributed by atoms with Crippen LogP contribution in [0, 0.1) is 0 Å². The maximum atomic E-state index is 11.7. The van der Waals surface area contributed by atoms with Gasteiger partial charge in [-0.1, -0.05) is 36.4 Å². The summed E-state index contributed by atoms with van der Waals surface area (Å²) in [5.41, 5.74) is 3.54. The first-order valence-corrected chi connectivity index (χ1v) is 7.79. The van der Waals surface area contributed by atoms with Crippen LogP contribution < -0.4 is 15.5 Å². The van der Waals surface area contributed by atoms with Crippen LogP contribution >= 0.6 is 0 Å². The van der Waals surface area contributed by atoms with Gasteiger partial charge in [-0.25, -0.2) is 5.43 Å². The number of carbonyl (C=O) groups excluding carboxylic acids is 2. The molecule has 0 radical (unpaired) electrons. The number of nitrogens with zero attached hydrogens (tertiary/aromatic N) is 1. The zero-order chi connectivity index (χ0) is 18.8. The Morgan fingerprint density at radius 1 is 1.15 bits per heavy atom. The minimum Gasteiger partial charge on any atom is -0.504 e. The number of phenolic OH excluding ortho intramolecular Hbond substituents is 1. The molecule has 0 bridgehead atoms. The Bertz CT molecular complexity index is 817. The highest BCUT2D eigenvalue weighted by atomic mass is 16.5. The van der Waals surface area contributed by atoms with Gasteiger partial charge < -0.3 is 15.2 Å². The monoisotopic (exact) mass is 353 g/mol. The van der Waals surface area contributed by atoms with Crippen LogP contribution in [0.25, 0.3) is 6.08 Å². The first-order chi connectivity index (χ1) is 12.6. The standard InChI is InChI=1S/C19H19N3O4/c1-26-16-9-5-8-15(19(16)25)12-21-22-18(24)13-20-17(23)11-10-14-6-3-2-4-7-14/h2-12,25H,13H2,1H3,(H,20,23)(H,22,24)/b11-10?,21-12+. The molecule has 0 saturated heterocycles. The summed E-state index contributed by atoms with van der Waals surface area (Å²) in [6, 6.07) is 14.2. The van der Waals surface area contributed by atoms with Crippen LogP contribution in [0.15, 0.2) is 59.7 Å². The average Bonchev–Trinajstić information content (AvgIpc) is 2.67. The zero-order valence-corrected chi connectivity index (χ0v) is 14.2. The molecule has 0 aromatic heterocycles. The lowest BCUT2D eigenvalue weighted by atomic mass is 10.2. The van der Waals surface area contributed by atoms with Gasteiger partial charge >= 0.3 is 0 Å². The van der Waals surface area contributed by atoms with Crippen molar-refractivity contribution < 1.29 is 19.4 Å². The SMILES string of the molecule is COc1cccc(/C=N/NC(=O)CNC(=O)C=Cc2ccccc2)c1O. The van der Waals surface area contributed by atoms with Gasteiger partial charge in [0.2, 0.25) is 5.91 Å². The van der Waals surface area contributed by atoms with Gasteiger partial charge in [-0.2, -0.15) is 5.10 Å². The van der Waals surface area contributed by atoms with E-state index < -0.39 is 11.8 Å². The fourth-order valence-corrected chi connectivity index (χ4v) is 1.98. The van der Waals surface area contributed by atoms with Gasteiger partial charge in [0.05, 0.1) is 19.9 Å². The van der Waals surface area contributed by atoms with E-state index in [0.717, 1.165) is 5.56 Å². The quantitative estimate of drug-likeness (QED) is 0.400. The number of hydrazone groups is 1. The van der Waals surface area contributed by atoms with E-state index in [1.54, 1.807) is 24.3 Å². The predicted molar refractivity (Wildman–Crippen MR) is 98.9 cm³/mol. The van der Waals surface area contributed by atoms with Crippen LogP contribution in [-0.4, -0.2) is 36.8 Å². The third-order valence-electron chi connectivity index (χ3n) is 3.29. The molecule has 2 amide bonds. The van der Waals surface area contributed by atoms with Gasteiger partial charge in [0.1, 0.15) is 0 Å². The molecule has 3 N–H and O–H groups in total. The van der Waals surface area contributed by atoms with E-state index in [0.29, 0.717) is 11.3 Å². The number of hydrogen-bond acceptors (Lipinski definition) is 5. The van der Waals surface area contributed by atoms with Crippen LogP contribution in [0.2, 0.25) is 0 Å². The molecule has 0 fully saturated rings. The molecule has 0 atom stereocenters. The molecule has 2 rings (SSSR count). The first kappa shape index (κ1) is 18.7. The third kappa shape index (κ3) is 5.79. The molecule has 0 heterocycles. The van der Waals surface area contributed by atoms with Crippen LogP contribution in [0.4, 0.5) is 0 Å². The number of nitrogens with one attached hydrogen (secondary N) is 2. The normalized spacial score (nSPS) is 10.8. The van der Waals surface area contributed by atoms with Crippen molar-refractivity contribution in [2.75, 3.05) is 13.7 Å². The summed E-state index contributed by atoms with van der Waals surface area (Å²) >= 11 is 0. The molecule has 0 aliphatic heterocycles. The fourth-order valence-electron chi connectivity index (χ4n) is 1.98. The lowest BCUT2D eigenvalue weighted by molar-refractivity contribution is -0.123. The second-order valence-electron chi connectivity index (χ2n) is 5.15. The summed E-state index contributed by atoms with van der Waals surface area (Å²) in [6.07, 6.45) is 4.28. The van der Waals surface area contributed by atoms with Crippen molar-refractivity contribution in [3.63, 3.8) is 0 Å². The number of para-hydroxylation sites is 1. The highest BCUT2D eigenvalue weighted by molar-refractivity contribution is 5.94. The lowest BCUT2D eigenvalue weighted by Gasteiger charge is -2.05. The van der Waals surface area contributed by atoms with E-state index in [1.165, 1.54) is 19.4 Å². The minimum absolute atomic E-state index is 0.0765. The molecule has 0 saturated carbocycles. The molecule has 0 spiro atoms. The molecule has 7 heteroatoms. The van der Waals surface area contributed by atoms with E-state index in [-0.39, 0.29) is 12.3 Å². The number of phenols is 1. The van der Waals surface area contributed by atoms with Gasteiger partial charge in [-0.15, -0.1) is 0 Å². The maximum absolute atomic E-state index is 11.7. The summed E-state index contributed by atoms with van der Waals surface area (Å²) in [7, 11) is 1.44. The largest absolute Gasteiger partial charge is 0.504 e. The fraction of sp³-hybridized carbons (Fsp3) is 0.105. The summed E-state index contributed by atoms with van der Waals surface area (Å²) < 4.78 is 4.98. The minimum atomic E-state index is -0.495. The van der Waals surface area contributed by atoms with Gasteiger partial charge in [0.15, 0.2) is 11.5 Å². The topological polar surface area (TPSA) is 100 Å². The highest BCUT2D eigenvalue weighted by Crippen LogP contribution is 2.27. The third-order valence-corrected chi connectivity index (χ3v) is 3.29. The van der Waals surface area contributed by atoms with Crippen LogP contribution in [-0.2, 0) is 9.59 Å². The number of amides is 2. The summed E-state index contributed by atoms with van der Waals surface area (Å²) in [6.45, 7) is -0.223. The lowest BCUT2D eigenvalue weighted by Crippen LogP contribution is -2.34. The van der Waals surface area contributed by atoms with E-state index >= 15 is 0 Å². The Kier molecular flexibility index (Phi) is 6.93. The Hall–Kier alpha value is -3.61. The van der Waals surface area contributed by atoms with Crippen molar-refractivity contribution in [1.82, 2.24) is 10.7 Å². The number of hydrogen-bond donors (Lipinski definition) is 3. The smallest absolute Gasteiger partial charge is 0.259 e. The van der Waals surface area contributed by atoms with Gasteiger partial charge in [0, 0.05) is 11.6 Å². The Morgan fingerprint density at radius 2 is 1.92 bits per heavy atom. The molecule has 7 nitrogen and oxygen atoms in total. The maximum Gasteiger partial charge on any atom is 0.259 e. The van der Waals surface area contributed by atoms with E-state index in [9.17, 15) is 14.7 Å². The van der Waals surface area contributed by atoms with Gasteiger partial charge in [0.25, 0.3) is 5.91 Å². The molecule has 26 heavy (non-hydrogen) atoms. The number of benzene rings is 2. The van der Waals surface area contributed by atoms with E-state index in [4.69, 9.17) is 4.74 Å². The molecule has 0 unspecified atom stereocenters. The molecule has 2 aromatic carbocycles. The molecule has 0 aliphatic rings. The van der Waals surface area contributed by atoms with Crippen molar-refractivity contribution in [3.05, 3.63) is 65.7 Å².